The largest absolute Gasteiger partial charge is 0.355 e. The molecule has 0 saturated carbocycles. The first-order valence-corrected chi connectivity index (χ1v) is 10.6. The van der Waals surface area contributed by atoms with Crippen LogP contribution in [-0.4, -0.2) is 62.9 Å². The molecule has 4 aromatic rings. The summed E-state index contributed by atoms with van der Waals surface area (Å²) >= 11 is 0. The molecule has 0 bridgehead atoms. The second-order valence-corrected chi connectivity index (χ2v) is 8.64. The maximum Gasteiger partial charge on any atom is 0.156 e. The number of aromatic nitrogens is 5. The molecule has 1 aromatic carbocycles. The summed E-state index contributed by atoms with van der Waals surface area (Å²) in [5, 5.41) is 13.9. The minimum Gasteiger partial charge on any atom is -0.355 e. The Kier molecular flexibility index (Phi) is 4.81. The third kappa shape index (κ3) is 3.61. The number of rotatable bonds is 3. The van der Waals surface area contributed by atoms with Gasteiger partial charge < -0.3 is 9.80 Å². The molecule has 0 amide bonds. The summed E-state index contributed by atoms with van der Waals surface area (Å²) in [6, 6.07) is 7.71. The Labute approximate surface area is 180 Å². The van der Waals surface area contributed by atoms with Crippen molar-refractivity contribution in [1.29, 1.82) is 0 Å². The predicted molar refractivity (Wildman–Crippen MR) is 120 cm³/mol. The lowest BCUT2D eigenvalue weighted by atomic mass is 10.0. The first-order chi connectivity index (χ1) is 14.9. The Morgan fingerprint density at radius 3 is 2.55 bits per heavy atom. The highest BCUT2D eigenvalue weighted by Gasteiger charge is 2.22. The number of nitrogens with zero attached hydrogens (tertiary/aromatic N) is 7. The molecule has 31 heavy (non-hydrogen) atoms. The summed E-state index contributed by atoms with van der Waals surface area (Å²) in [6.07, 6.45) is 4.00. The smallest absolute Gasteiger partial charge is 0.156 e. The summed E-state index contributed by atoms with van der Waals surface area (Å²) in [5.41, 5.74) is 4.58. The van der Waals surface area contributed by atoms with Crippen molar-refractivity contribution in [3.05, 3.63) is 47.5 Å². The maximum atomic E-state index is 15.1. The standard InChI is InChI=1S/C23H26FN7/c1-14-9-20(28-31-13-15(2)25-23(14)31)16-10-19(24)18-12-22(27-26-21(18)11-16)30-7-5-17(6-8-30)29(3)4/h9-13,17H,5-8H2,1-4H3. The van der Waals surface area contributed by atoms with Gasteiger partial charge in [-0.15, -0.1) is 10.2 Å². The van der Waals surface area contributed by atoms with Gasteiger partial charge in [0.1, 0.15) is 5.82 Å². The molecular formula is C23H26FN7. The zero-order chi connectivity index (χ0) is 21.7. The van der Waals surface area contributed by atoms with Crippen LogP contribution in [0.5, 0.6) is 0 Å². The molecule has 7 nitrogen and oxygen atoms in total. The molecule has 5 rings (SSSR count). The van der Waals surface area contributed by atoms with Crippen molar-refractivity contribution >= 4 is 22.4 Å². The second-order valence-electron chi connectivity index (χ2n) is 8.64. The molecule has 1 aliphatic heterocycles. The lowest BCUT2D eigenvalue weighted by Gasteiger charge is -2.35. The molecule has 0 N–H and O–H groups in total. The summed E-state index contributed by atoms with van der Waals surface area (Å²) < 4.78 is 16.9. The molecule has 0 unspecified atom stereocenters. The topological polar surface area (TPSA) is 62.5 Å². The van der Waals surface area contributed by atoms with Crippen LogP contribution in [0.2, 0.25) is 0 Å². The van der Waals surface area contributed by atoms with E-state index in [-0.39, 0.29) is 5.82 Å². The van der Waals surface area contributed by atoms with E-state index in [1.165, 1.54) is 6.07 Å². The number of fused-ring (bicyclic) bond motifs is 2. The number of imidazole rings is 1. The van der Waals surface area contributed by atoms with Crippen molar-refractivity contribution in [2.24, 2.45) is 0 Å². The van der Waals surface area contributed by atoms with Gasteiger partial charge in [-0.05, 0) is 70.6 Å². The van der Waals surface area contributed by atoms with Gasteiger partial charge in [0.05, 0.1) is 23.1 Å². The van der Waals surface area contributed by atoms with Crippen molar-refractivity contribution < 1.29 is 4.39 Å². The van der Waals surface area contributed by atoms with Gasteiger partial charge in [0, 0.05) is 30.1 Å². The molecule has 0 radical (unpaired) electrons. The zero-order valence-corrected chi connectivity index (χ0v) is 18.3. The van der Waals surface area contributed by atoms with Gasteiger partial charge in [-0.25, -0.2) is 13.9 Å². The molecular weight excluding hydrogens is 393 g/mol. The van der Waals surface area contributed by atoms with E-state index in [0.717, 1.165) is 48.7 Å². The molecule has 1 fully saturated rings. The molecule has 8 heteroatoms. The van der Waals surface area contributed by atoms with E-state index < -0.39 is 0 Å². The van der Waals surface area contributed by atoms with Gasteiger partial charge >= 0.3 is 0 Å². The van der Waals surface area contributed by atoms with Crippen LogP contribution in [0.1, 0.15) is 24.1 Å². The Bertz CT molecular complexity index is 1270. The molecule has 0 atom stereocenters. The lowest BCUT2D eigenvalue weighted by Crippen LogP contribution is -2.42. The van der Waals surface area contributed by atoms with E-state index in [2.05, 4.69) is 44.2 Å². The van der Waals surface area contributed by atoms with E-state index >= 15 is 4.39 Å². The number of aryl methyl sites for hydroxylation is 2. The van der Waals surface area contributed by atoms with Crippen molar-refractivity contribution in [2.45, 2.75) is 32.7 Å². The molecule has 0 aliphatic carbocycles. The number of anilines is 1. The molecule has 160 valence electrons. The van der Waals surface area contributed by atoms with E-state index in [4.69, 9.17) is 0 Å². The van der Waals surface area contributed by atoms with Crippen LogP contribution < -0.4 is 4.90 Å². The number of hydrogen-bond donors (Lipinski definition) is 0. The van der Waals surface area contributed by atoms with Crippen LogP contribution >= 0.6 is 0 Å². The minimum atomic E-state index is -0.312. The van der Waals surface area contributed by atoms with E-state index in [0.29, 0.717) is 28.2 Å². The predicted octanol–water partition coefficient (Wildman–Crippen LogP) is 3.63. The highest BCUT2D eigenvalue weighted by Crippen LogP contribution is 2.28. The number of benzene rings is 1. The monoisotopic (exact) mass is 419 g/mol. The highest BCUT2D eigenvalue weighted by molar-refractivity contribution is 5.85. The Balaban J connectivity index is 1.49. The Morgan fingerprint density at radius 2 is 1.81 bits per heavy atom. The van der Waals surface area contributed by atoms with E-state index in [1.54, 1.807) is 4.52 Å². The zero-order valence-electron chi connectivity index (χ0n) is 18.3. The average molecular weight is 420 g/mol. The SMILES string of the molecule is Cc1cn2nc(-c3cc(F)c4cc(N5CCC(N(C)C)CC5)nnc4c3)cc(C)c2n1. The van der Waals surface area contributed by atoms with E-state index in [9.17, 15) is 0 Å². The van der Waals surface area contributed by atoms with Crippen LogP contribution in [-0.2, 0) is 0 Å². The number of piperidine rings is 1. The summed E-state index contributed by atoms with van der Waals surface area (Å²) in [7, 11) is 4.23. The van der Waals surface area contributed by atoms with Crippen LogP contribution in [0.25, 0.3) is 27.8 Å². The van der Waals surface area contributed by atoms with Crippen molar-refractivity contribution in [1.82, 2.24) is 29.7 Å². The normalized spacial score (nSPS) is 15.5. The molecule has 0 spiro atoms. The van der Waals surface area contributed by atoms with E-state index in [1.807, 2.05) is 38.2 Å². The third-order valence-corrected chi connectivity index (χ3v) is 6.19. The second kappa shape index (κ2) is 7.53. The van der Waals surface area contributed by atoms with Gasteiger partial charge in [-0.2, -0.15) is 5.10 Å². The first kappa shape index (κ1) is 19.8. The fraction of sp³-hybridized carbons (Fsp3) is 0.391. The fourth-order valence-corrected chi connectivity index (χ4v) is 4.39. The van der Waals surface area contributed by atoms with Gasteiger partial charge in [-0.1, -0.05) is 0 Å². The summed E-state index contributed by atoms with van der Waals surface area (Å²) in [6.45, 7) is 5.71. The third-order valence-electron chi connectivity index (χ3n) is 6.19. The van der Waals surface area contributed by atoms with Gasteiger partial charge in [0.25, 0.3) is 0 Å². The van der Waals surface area contributed by atoms with Gasteiger partial charge in [-0.3, -0.25) is 0 Å². The van der Waals surface area contributed by atoms with Crippen molar-refractivity contribution in [3.8, 4) is 11.3 Å². The molecule has 4 heterocycles. The fourth-order valence-electron chi connectivity index (χ4n) is 4.39. The number of halogens is 1. The lowest BCUT2D eigenvalue weighted by molar-refractivity contribution is 0.249. The average Bonchev–Trinajstić information content (AvgIpc) is 3.14. The van der Waals surface area contributed by atoms with Crippen molar-refractivity contribution in [3.63, 3.8) is 0 Å². The van der Waals surface area contributed by atoms with Crippen molar-refractivity contribution in [2.75, 3.05) is 32.1 Å². The Morgan fingerprint density at radius 1 is 1.03 bits per heavy atom. The Hall–Kier alpha value is -3.13. The maximum absolute atomic E-state index is 15.1. The molecule has 1 aliphatic rings. The molecule has 1 saturated heterocycles. The quantitative estimate of drug-likeness (QED) is 0.505. The highest BCUT2D eigenvalue weighted by atomic mass is 19.1. The minimum absolute atomic E-state index is 0.312. The van der Waals surface area contributed by atoms with Gasteiger partial charge in [0.2, 0.25) is 0 Å². The van der Waals surface area contributed by atoms with Crippen LogP contribution in [0.3, 0.4) is 0 Å². The van der Waals surface area contributed by atoms with Crippen LogP contribution in [0.15, 0.2) is 30.5 Å². The van der Waals surface area contributed by atoms with Crippen LogP contribution in [0.4, 0.5) is 10.2 Å². The summed E-state index contributed by atoms with van der Waals surface area (Å²) in [4.78, 5) is 8.94. The van der Waals surface area contributed by atoms with Gasteiger partial charge in [0.15, 0.2) is 11.5 Å². The molecule has 3 aromatic heterocycles. The summed E-state index contributed by atoms with van der Waals surface area (Å²) in [5.74, 6) is 0.425. The number of hydrogen-bond acceptors (Lipinski definition) is 6. The first-order valence-electron chi connectivity index (χ1n) is 10.6. The van der Waals surface area contributed by atoms with Crippen LogP contribution in [0, 0.1) is 19.7 Å².